The molecule has 0 spiro atoms. The van der Waals surface area contributed by atoms with Gasteiger partial charge < -0.3 is 10.1 Å². The highest BCUT2D eigenvalue weighted by Gasteiger charge is 2.15. The number of nitrogens with one attached hydrogen (secondary N) is 1. The number of anilines is 1. The van der Waals surface area contributed by atoms with Gasteiger partial charge in [-0.3, -0.25) is 4.98 Å². The van der Waals surface area contributed by atoms with Crippen LogP contribution in [0.3, 0.4) is 0 Å². The van der Waals surface area contributed by atoms with Crippen LogP contribution in [0.1, 0.15) is 32.1 Å². The van der Waals surface area contributed by atoms with Crippen LogP contribution in [0.15, 0.2) is 36.9 Å². The molecule has 3 aromatic rings. The molecule has 3 aromatic heterocycles. The molecule has 0 radical (unpaired) electrons. The molecule has 6 heteroatoms. The van der Waals surface area contributed by atoms with Crippen LogP contribution in [-0.2, 0) is 0 Å². The van der Waals surface area contributed by atoms with Crippen LogP contribution >= 0.6 is 0 Å². The van der Waals surface area contributed by atoms with E-state index in [0.29, 0.717) is 6.04 Å². The van der Waals surface area contributed by atoms with Crippen molar-refractivity contribution in [2.45, 2.75) is 38.1 Å². The van der Waals surface area contributed by atoms with Gasteiger partial charge in [-0.1, -0.05) is 19.3 Å². The lowest BCUT2D eigenvalue weighted by Crippen LogP contribution is -2.22. The van der Waals surface area contributed by atoms with Gasteiger partial charge in [0.1, 0.15) is 11.6 Å². The van der Waals surface area contributed by atoms with Crippen LogP contribution in [-0.4, -0.2) is 32.7 Å². The van der Waals surface area contributed by atoms with Crippen molar-refractivity contribution < 1.29 is 4.74 Å². The average Bonchev–Trinajstić information content (AvgIpc) is 3.06. The van der Waals surface area contributed by atoms with Gasteiger partial charge in [0.05, 0.1) is 19.5 Å². The van der Waals surface area contributed by atoms with Crippen molar-refractivity contribution in [1.82, 2.24) is 19.6 Å². The highest BCUT2D eigenvalue weighted by Crippen LogP contribution is 2.27. The molecule has 0 atom stereocenters. The summed E-state index contributed by atoms with van der Waals surface area (Å²) in [7, 11) is 1.64. The molecule has 0 aromatic carbocycles. The normalized spacial score (nSPS) is 15.5. The fourth-order valence-corrected chi connectivity index (χ4v) is 3.29. The maximum Gasteiger partial charge on any atom is 0.165 e. The van der Waals surface area contributed by atoms with Gasteiger partial charge in [0.15, 0.2) is 5.65 Å². The Bertz CT molecular complexity index is 838. The minimum atomic E-state index is 0.526. The Labute approximate surface area is 140 Å². The van der Waals surface area contributed by atoms with E-state index in [1.165, 1.54) is 32.1 Å². The number of hydrogen-bond acceptors (Lipinski definition) is 5. The molecule has 0 saturated heterocycles. The van der Waals surface area contributed by atoms with Crippen molar-refractivity contribution in [3.05, 3.63) is 36.9 Å². The number of fused-ring (bicyclic) bond motifs is 1. The summed E-state index contributed by atoms with van der Waals surface area (Å²) in [5, 5.41) is 7.97. The van der Waals surface area contributed by atoms with E-state index in [2.05, 4.69) is 15.4 Å². The van der Waals surface area contributed by atoms with Crippen molar-refractivity contribution in [2.24, 2.45) is 0 Å². The number of hydrogen-bond donors (Lipinski definition) is 1. The Kier molecular flexibility index (Phi) is 4.02. The van der Waals surface area contributed by atoms with Gasteiger partial charge in [0, 0.05) is 29.6 Å². The van der Waals surface area contributed by atoms with Crippen LogP contribution in [0.4, 0.5) is 5.82 Å². The number of rotatable bonds is 4. The zero-order valence-electron chi connectivity index (χ0n) is 13.8. The van der Waals surface area contributed by atoms with Gasteiger partial charge in [-0.25, -0.2) is 9.50 Å². The van der Waals surface area contributed by atoms with Gasteiger partial charge in [0.25, 0.3) is 0 Å². The molecule has 0 aliphatic heterocycles. The number of ether oxygens (including phenoxy) is 1. The molecule has 4 rings (SSSR count). The van der Waals surface area contributed by atoms with Gasteiger partial charge in [-0.2, -0.15) is 5.10 Å². The molecule has 6 nitrogen and oxygen atoms in total. The summed E-state index contributed by atoms with van der Waals surface area (Å²) >= 11 is 0. The van der Waals surface area contributed by atoms with E-state index in [1.807, 2.05) is 30.7 Å². The quantitative estimate of drug-likeness (QED) is 0.795. The summed E-state index contributed by atoms with van der Waals surface area (Å²) in [5.41, 5.74) is 2.73. The number of methoxy groups -OCH3 is 1. The van der Waals surface area contributed by atoms with E-state index in [-0.39, 0.29) is 0 Å². The Hall–Kier alpha value is -2.63. The van der Waals surface area contributed by atoms with Crippen LogP contribution in [0.5, 0.6) is 5.75 Å². The minimum Gasteiger partial charge on any atom is -0.495 e. The second kappa shape index (κ2) is 6.47. The van der Waals surface area contributed by atoms with Crippen molar-refractivity contribution in [1.29, 1.82) is 0 Å². The van der Waals surface area contributed by atoms with Crippen molar-refractivity contribution in [3.8, 4) is 16.9 Å². The summed E-state index contributed by atoms with van der Waals surface area (Å²) in [4.78, 5) is 9.01. The second-order valence-corrected chi connectivity index (χ2v) is 6.23. The SMILES string of the molecule is COc1cncc(-c2cnn3ccc(NC4CCCCC4)nc23)c1. The summed E-state index contributed by atoms with van der Waals surface area (Å²) in [5.74, 6) is 1.63. The first kappa shape index (κ1) is 14.9. The molecule has 1 N–H and O–H groups in total. The third kappa shape index (κ3) is 2.91. The van der Waals surface area contributed by atoms with Gasteiger partial charge in [0.2, 0.25) is 0 Å². The number of nitrogens with zero attached hydrogens (tertiary/aromatic N) is 4. The third-order valence-corrected chi connectivity index (χ3v) is 4.59. The monoisotopic (exact) mass is 323 g/mol. The lowest BCUT2D eigenvalue weighted by molar-refractivity contribution is 0.413. The second-order valence-electron chi connectivity index (χ2n) is 6.23. The number of aromatic nitrogens is 4. The Morgan fingerprint density at radius 3 is 2.88 bits per heavy atom. The molecule has 24 heavy (non-hydrogen) atoms. The molecular formula is C18H21N5O. The zero-order chi connectivity index (χ0) is 16.4. The summed E-state index contributed by atoms with van der Waals surface area (Å²) < 4.78 is 7.06. The predicted octanol–water partition coefficient (Wildman–Crippen LogP) is 3.54. The first-order valence-electron chi connectivity index (χ1n) is 8.44. The fraction of sp³-hybridized carbons (Fsp3) is 0.389. The molecular weight excluding hydrogens is 302 g/mol. The standard InChI is InChI=1S/C18H21N5O/c1-24-15-9-13(10-19-11-15)16-12-20-23-8-7-17(22-18(16)23)21-14-5-3-2-4-6-14/h7-12,14H,2-6H2,1H3,(H,21,22). The van der Waals surface area contributed by atoms with Gasteiger partial charge in [-0.15, -0.1) is 0 Å². The lowest BCUT2D eigenvalue weighted by atomic mass is 9.95. The Morgan fingerprint density at radius 1 is 1.17 bits per heavy atom. The predicted molar refractivity (Wildman–Crippen MR) is 93.3 cm³/mol. The van der Waals surface area contributed by atoms with E-state index >= 15 is 0 Å². The maximum absolute atomic E-state index is 5.27. The van der Waals surface area contributed by atoms with Crippen molar-refractivity contribution in [3.63, 3.8) is 0 Å². The largest absolute Gasteiger partial charge is 0.495 e. The van der Waals surface area contributed by atoms with Gasteiger partial charge in [-0.05, 0) is 25.0 Å². The van der Waals surface area contributed by atoms with Crippen LogP contribution < -0.4 is 10.1 Å². The maximum atomic E-state index is 5.27. The first-order valence-corrected chi connectivity index (χ1v) is 8.44. The highest BCUT2D eigenvalue weighted by atomic mass is 16.5. The molecule has 0 amide bonds. The molecule has 124 valence electrons. The Balaban J connectivity index is 1.67. The summed E-state index contributed by atoms with van der Waals surface area (Å²) in [6.45, 7) is 0. The topological polar surface area (TPSA) is 64.3 Å². The third-order valence-electron chi connectivity index (χ3n) is 4.59. The van der Waals surface area contributed by atoms with E-state index in [4.69, 9.17) is 9.72 Å². The van der Waals surface area contributed by atoms with Crippen molar-refractivity contribution in [2.75, 3.05) is 12.4 Å². The van der Waals surface area contributed by atoms with E-state index in [1.54, 1.807) is 17.8 Å². The molecule has 1 aliphatic carbocycles. The minimum absolute atomic E-state index is 0.526. The van der Waals surface area contributed by atoms with Gasteiger partial charge >= 0.3 is 0 Å². The van der Waals surface area contributed by atoms with E-state index in [0.717, 1.165) is 28.3 Å². The van der Waals surface area contributed by atoms with Crippen LogP contribution in [0, 0.1) is 0 Å². The molecule has 1 aliphatic rings. The van der Waals surface area contributed by atoms with Crippen LogP contribution in [0.25, 0.3) is 16.8 Å². The lowest BCUT2D eigenvalue weighted by Gasteiger charge is -2.23. The highest BCUT2D eigenvalue weighted by molar-refractivity contribution is 5.77. The molecule has 3 heterocycles. The van der Waals surface area contributed by atoms with E-state index in [9.17, 15) is 0 Å². The molecule has 1 fully saturated rings. The van der Waals surface area contributed by atoms with Crippen molar-refractivity contribution >= 4 is 11.5 Å². The molecule has 1 saturated carbocycles. The summed E-state index contributed by atoms with van der Waals surface area (Å²) in [6, 6.07) is 4.47. The fourth-order valence-electron chi connectivity index (χ4n) is 3.29. The number of pyridine rings is 1. The average molecular weight is 323 g/mol. The molecule has 0 bridgehead atoms. The zero-order valence-corrected chi connectivity index (χ0v) is 13.8. The molecule has 0 unspecified atom stereocenters. The summed E-state index contributed by atoms with van der Waals surface area (Å²) in [6.07, 6.45) is 13.7. The smallest absolute Gasteiger partial charge is 0.165 e. The first-order chi connectivity index (χ1) is 11.8. The van der Waals surface area contributed by atoms with E-state index < -0.39 is 0 Å². The Morgan fingerprint density at radius 2 is 2.04 bits per heavy atom. The van der Waals surface area contributed by atoms with Crippen LogP contribution in [0.2, 0.25) is 0 Å².